The van der Waals surface area contributed by atoms with Crippen LogP contribution in [0.4, 0.5) is 0 Å². The van der Waals surface area contributed by atoms with E-state index in [0.717, 1.165) is 36.3 Å². The lowest BCUT2D eigenvalue weighted by Gasteiger charge is -2.15. The Morgan fingerprint density at radius 2 is 1.79 bits per heavy atom. The second kappa shape index (κ2) is 11.0. The molecule has 1 aliphatic heterocycles. The molecule has 0 saturated carbocycles. The van der Waals surface area contributed by atoms with Gasteiger partial charge in [-0.05, 0) is 73.8 Å². The van der Waals surface area contributed by atoms with Crippen LogP contribution in [0, 0.1) is 11.8 Å². The molecule has 4 rings (SSSR count). The van der Waals surface area contributed by atoms with Gasteiger partial charge in [-0.25, -0.2) is 4.98 Å². The third-order valence-electron chi connectivity index (χ3n) is 5.54. The van der Waals surface area contributed by atoms with Gasteiger partial charge in [0.1, 0.15) is 18.1 Å². The topological polar surface area (TPSA) is 56.0 Å². The SMILES string of the molecule is COC(=[OH+])c1cc(C#Cc2ccc(-c3ccc(Cl)cc3)cn2)ccc1OCCN1CCCC1. The highest BCUT2D eigenvalue weighted by Crippen LogP contribution is 2.22. The first-order valence-corrected chi connectivity index (χ1v) is 11.3. The van der Waals surface area contributed by atoms with Crippen molar-refractivity contribution in [1.82, 2.24) is 9.88 Å². The maximum absolute atomic E-state index is 10.2. The maximum atomic E-state index is 10.2. The number of halogens is 1. The standard InChI is InChI=1S/C27H25ClN2O3/c1-32-27(31)25-18-20(5-13-26(25)33-17-16-30-14-2-3-15-30)4-11-24-12-8-22(19-29-24)21-6-9-23(28)10-7-21/h5-10,12-13,18-19H,2-3,14-17H2,1H3/p+1. The van der Waals surface area contributed by atoms with Crippen molar-refractivity contribution in [3.8, 4) is 28.7 Å². The number of likely N-dealkylation sites (tertiary alicyclic amines) is 1. The number of esters is 1. The number of rotatable bonds is 6. The minimum absolute atomic E-state index is 0.194. The monoisotopic (exact) mass is 461 g/mol. The van der Waals surface area contributed by atoms with Crippen LogP contribution in [0.1, 0.15) is 29.7 Å². The van der Waals surface area contributed by atoms with E-state index < -0.39 is 0 Å². The van der Waals surface area contributed by atoms with Crippen molar-refractivity contribution in [2.24, 2.45) is 0 Å². The third-order valence-corrected chi connectivity index (χ3v) is 5.80. The van der Waals surface area contributed by atoms with Gasteiger partial charge >= 0.3 is 5.97 Å². The molecule has 0 radical (unpaired) electrons. The Morgan fingerprint density at radius 1 is 1.03 bits per heavy atom. The van der Waals surface area contributed by atoms with E-state index >= 15 is 0 Å². The average molecular weight is 462 g/mol. The molecule has 0 unspecified atom stereocenters. The van der Waals surface area contributed by atoms with E-state index in [9.17, 15) is 4.79 Å². The highest BCUT2D eigenvalue weighted by atomic mass is 35.5. The summed E-state index contributed by atoms with van der Waals surface area (Å²) in [5, 5.41) is 0.702. The van der Waals surface area contributed by atoms with Gasteiger partial charge in [-0.15, -0.1) is 0 Å². The molecule has 1 aromatic heterocycles. The molecule has 6 heteroatoms. The minimum atomic E-state index is -0.194. The molecule has 0 spiro atoms. The van der Waals surface area contributed by atoms with Crippen molar-refractivity contribution >= 4 is 17.6 Å². The van der Waals surface area contributed by atoms with Crippen molar-refractivity contribution in [3.05, 3.63) is 82.6 Å². The third kappa shape index (κ3) is 6.13. The van der Waals surface area contributed by atoms with E-state index in [2.05, 4.69) is 21.7 Å². The fraction of sp³-hybridized carbons (Fsp3) is 0.259. The predicted octanol–water partition coefficient (Wildman–Crippen LogP) is 4.77. The molecule has 1 saturated heterocycles. The quantitative estimate of drug-likeness (QED) is 0.301. The van der Waals surface area contributed by atoms with Crippen LogP contribution in [0.15, 0.2) is 60.8 Å². The molecule has 1 fully saturated rings. The molecule has 0 aliphatic carbocycles. The number of hydrogen-bond acceptors (Lipinski definition) is 4. The molecule has 0 amide bonds. The molecular formula is C27H26ClN2O3+. The highest BCUT2D eigenvalue weighted by molar-refractivity contribution is 6.30. The van der Waals surface area contributed by atoms with Crippen LogP contribution in [-0.2, 0) is 4.74 Å². The van der Waals surface area contributed by atoms with E-state index in [-0.39, 0.29) is 5.97 Å². The molecule has 1 N–H and O–H groups in total. The number of ether oxygens (including phenoxy) is 2. The van der Waals surface area contributed by atoms with Gasteiger partial charge in [0.25, 0.3) is 0 Å². The van der Waals surface area contributed by atoms with E-state index in [0.29, 0.717) is 28.6 Å². The number of pyridine rings is 1. The molecule has 33 heavy (non-hydrogen) atoms. The maximum Gasteiger partial charge on any atom is 0.521 e. The number of benzene rings is 2. The molecule has 2 heterocycles. The van der Waals surface area contributed by atoms with E-state index in [1.54, 1.807) is 12.3 Å². The number of nitrogens with zero attached hydrogens (tertiary/aromatic N) is 2. The number of aromatic nitrogens is 1. The zero-order chi connectivity index (χ0) is 23.0. The normalized spacial score (nSPS) is 13.3. The molecule has 168 valence electrons. The molecule has 5 nitrogen and oxygen atoms in total. The smallest absolute Gasteiger partial charge is 0.491 e. The molecular weight excluding hydrogens is 436 g/mol. The predicted molar refractivity (Wildman–Crippen MR) is 131 cm³/mol. The fourth-order valence-corrected chi connectivity index (χ4v) is 3.84. The van der Waals surface area contributed by atoms with Crippen LogP contribution in [0.25, 0.3) is 11.1 Å². The van der Waals surface area contributed by atoms with Crippen molar-refractivity contribution < 1.29 is 14.3 Å². The number of carbonyl (C=O) groups excluding carboxylic acids is 1. The van der Waals surface area contributed by atoms with Gasteiger partial charge < -0.3 is 14.3 Å². The summed E-state index contributed by atoms with van der Waals surface area (Å²) in [6.07, 6.45) is 4.28. The second-order valence-corrected chi connectivity index (χ2v) is 8.24. The Labute approximate surface area is 199 Å². The molecule has 0 atom stereocenters. The van der Waals surface area contributed by atoms with Gasteiger partial charge in [-0.3, -0.25) is 4.90 Å². The lowest BCUT2D eigenvalue weighted by Crippen LogP contribution is -2.25. The average Bonchev–Trinajstić information content (AvgIpc) is 3.37. The van der Waals surface area contributed by atoms with Gasteiger partial charge in [0.2, 0.25) is 0 Å². The van der Waals surface area contributed by atoms with Crippen molar-refractivity contribution in [1.29, 1.82) is 0 Å². The largest absolute Gasteiger partial charge is 0.521 e. The molecule has 2 aromatic carbocycles. The van der Waals surface area contributed by atoms with Crippen LogP contribution in [0.2, 0.25) is 5.02 Å². The lowest BCUT2D eigenvalue weighted by atomic mass is 10.1. The summed E-state index contributed by atoms with van der Waals surface area (Å²) in [4.78, 5) is 17.0. The van der Waals surface area contributed by atoms with Crippen molar-refractivity contribution in [2.45, 2.75) is 12.8 Å². The second-order valence-electron chi connectivity index (χ2n) is 7.81. The Morgan fingerprint density at radius 3 is 2.48 bits per heavy atom. The van der Waals surface area contributed by atoms with Gasteiger partial charge in [0.15, 0.2) is 12.7 Å². The number of methoxy groups -OCH3 is 1. The molecule has 0 bridgehead atoms. The van der Waals surface area contributed by atoms with Crippen LogP contribution in [0.5, 0.6) is 5.75 Å². The van der Waals surface area contributed by atoms with Gasteiger partial charge in [-0.1, -0.05) is 35.7 Å². The number of hydrogen-bond donors (Lipinski definition) is 0. The van der Waals surface area contributed by atoms with E-state index in [1.807, 2.05) is 48.5 Å². The van der Waals surface area contributed by atoms with Gasteiger partial charge in [0.05, 0.1) is 0 Å². The fourth-order valence-electron chi connectivity index (χ4n) is 3.72. The minimum Gasteiger partial charge on any atom is -0.491 e. The van der Waals surface area contributed by atoms with Crippen LogP contribution in [-0.4, -0.2) is 54.0 Å². The highest BCUT2D eigenvalue weighted by Gasteiger charge is 2.21. The van der Waals surface area contributed by atoms with Crippen molar-refractivity contribution in [3.63, 3.8) is 0 Å². The first-order valence-electron chi connectivity index (χ1n) is 11.0. The summed E-state index contributed by atoms with van der Waals surface area (Å²) in [5.74, 6) is 6.55. The Kier molecular flexibility index (Phi) is 7.62. The Hall–Kier alpha value is -3.33. The van der Waals surface area contributed by atoms with Crippen LogP contribution >= 0.6 is 11.6 Å². The lowest BCUT2D eigenvalue weighted by molar-refractivity contribution is 0.236. The van der Waals surface area contributed by atoms with E-state index in [1.165, 1.54) is 20.0 Å². The van der Waals surface area contributed by atoms with Crippen LogP contribution < -0.4 is 4.74 Å². The summed E-state index contributed by atoms with van der Waals surface area (Å²) < 4.78 is 11.0. The van der Waals surface area contributed by atoms with Crippen molar-refractivity contribution in [2.75, 3.05) is 33.4 Å². The zero-order valence-corrected chi connectivity index (χ0v) is 19.3. The summed E-state index contributed by atoms with van der Waals surface area (Å²) in [5.41, 5.74) is 3.90. The first kappa shape index (κ1) is 22.8. The van der Waals surface area contributed by atoms with Gasteiger partial charge in [-0.2, -0.15) is 0 Å². The summed E-state index contributed by atoms with van der Waals surface area (Å²) >= 11 is 5.96. The van der Waals surface area contributed by atoms with Crippen LogP contribution in [0.3, 0.4) is 0 Å². The molecule has 3 aromatic rings. The Balaban J connectivity index is 1.46. The molecule has 1 aliphatic rings. The summed E-state index contributed by atoms with van der Waals surface area (Å²) in [6.45, 7) is 3.66. The van der Waals surface area contributed by atoms with E-state index in [4.69, 9.17) is 21.1 Å². The summed E-state index contributed by atoms with van der Waals surface area (Å²) in [6, 6.07) is 16.9. The summed E-state index contributed by atoms with van der Waals surface area (Å²) in [7, 11) is 1.42. The first-order chi connectivity index (χ1) is 16.1. The zero-order valence-electron chi connectivity index (χ0n) is 18.6. The van der Waals surface area contributed by atoms with Gasteiger partial charge in [0, 0.05) is 28.9 Å². The Bertz CT molecular complexity index is 1160.